The highest BCUT2D eigenvalue weighted by molar-refractivity contribution is 7.93. The van der Waals surface area contributed by atoms with Crippen LogP contribution in [0.3, 0.4) is 0 Å². The SMILES string of the molecule is CCCc1ccc(S(=O)(=O)Nc2nnc(-c3sccc3Cl)s2)cc1.Cc1c(Cl)cccc1S(=O)(=O)Nc1nnc(-c2sccc2Cl)s1. The molecule has 0 unspecified atom stereocenters. The Bertz CT molecular complexity index is 2210. The Kier molecular flexibility index (Phi) is 11.6. The molecule has 246 valence electrons. The summed E-state index contributed by atoms with van der Waals surface area (Å²) >= 11 is 23.2. The lowest BCUT2D eigenvalue weighted by atomic mass is 10.1. The van der Waals surface area contributed by atoms with Gasteiger partial charge in [-0.2, -0.15) is 0 Å². The molecule has 19 heteroatoms. The summed E-state index contributed by atoms with van der Waals surface area (Å²) in [4.78, 5) is 1.85. The summed E-state index contributed by atoms with van der Waals surface area (Å²) in [6, 6.07) is 15.1. The summed E-state index contributed by atoms with van der Waals surface area (Å²) in [6.45, 7) is 3.73. The summed E-state index contributed by atoms with van der Waals surface area (Å²) in [5.41, 5.74) is 1.59. The third kappa shape index (κ3) is 8.68. The van der Waals surface area contributed by atoms with Crippen molar-refractivity contribution < 1.29 is 16.8 Å². The van der Waals surface area contributed by atoms with E-state index in [4.69, 9.17) is 34.8 Å². The maximum Gasteiger partial charge on any atom is 0.264 e. The number of benzene rings is 2. The summed E-state index contributed by atoms with van der Waals surface area (Å²) in [7, 11) is -7.47. The van der Waals surface area contributed by atoms with E-state index in [0.717, 1.165) is 50.8 Å². The van der Waals surface area contributed by atoms with Crippen molar-refractivity contribution in [2.75, 3.05) is 9.44 Å². The zero-order valence-electron chi connectivity index (χ0n) is 24.3. The number of hydrogen-bond acceptors (Lipinski definition) is 12. The Balaban J connectivity index is 0.000000185. The molecule has 0 amide bonds. The number of halogens is 3. The molecule has 0 saturated heterocycles. The first-order chi connectivity index (χ1) is 22.4. The first kappa shape index (κ1) is 35.6. The second-order valence-electron chi connectivity index (χ2n) is 9.49. The Morgan fingerprint density at radius 2 is 1.21 bits per heavy atom. The minimum Gasteiger partial charge on any atom is -0.253 e. The maximum absolute atomic E-state index is 12.5. The van der Waals surface area contributed by atoms with Crippen molar-refractivity contribution in [1.82, 2.24) is 20.4 Å². The molecule has 0 aliphatic rings. The van der Waals surface area contributed by atoms with Gasteiger partial charge in [-0.1, -0.05) is 89.0 Å². The molecule has 0 saturated carbocycles. The number of nitrogens with zero attached hydrogens (tertiary/aromatic N) is 4. The van der Waals surface area contributed by atoms with E-state index < -0.39 is 20.0 Å². The third-order valence-electron chi connectivity index (χ3n) is 6.20. The Labute approximate surface area is 302 Å². The lowest BCUT2D eigenvalue weighted by Crippen LogP contribution is -2.14. The Morgan fingerprint density at radius 3 is 1.70 bits per heavy atom. The molecule has 4 aromatic heterocycles. The van der Waals surface area contributed by atoms with Gasteiger partial charge < -0.3 is 0 Å². The third-order valence-corrected chi connectivity index (χ3v) is 14.4. The quantitative estimate of drug-likeness (QED) is 0.139. The molecule has 0 aliphatic carbocycles. The van der Waals surface area contributed by atoms with Crippen molar-refractivity contribution in [3.05, 3.63) is 91.6 Å². The van der Waals surface area contributed by atoms with Gasteiger partial charge >= 0.3 is 0 Å². The van der Waals surface area contributed by atoms with E-state index in [2.05, 4.69) is 36.8 Å². The van der Waals surface area contributed by atoms with Crippen LogP contribution in [0, 0.1) is 6.92 Å². The van der Waals surface area contributed by atoms with Crippen molar-refractivity contribution in [2.24, 2.45) is 0 Å². The van der Waals surface area contributed by atoms with E-state index in [1.807, 2.05) is 22.9 Å². The highest BCUT2D eigenvalue weighted by Gasteiger charge is 2.22. The molecule has 10 nitrogen and oxygen atoms in total. The van der Waals surface area contributed by atoms with Crippen LogP contribution in [-0.4, -0.2) is 37.2 Å². The number of hydrogen-bond donors (Lipinski definition) is 2. The topological polar surface area (TPSA) is 144 Å². The van der Waals surface area contributed by atoms with Crippen molar-refractivity contribution in [2.45, 2.75) is 36.5 Å². The number of aryl methyl sites for hydroxylation is 1. The van der Waals surface area contributed by atoms with Gasteiger partial charge in [-0.05, 0) is 71.6 Å². The molecule has 47 heavy (non-hydrogen) atoms. The molecule has 0 radical (unpaired) electrons. The fraction of sp³-hybridized carbons (Fsp3) is 0.143. The monoisotopic (exact) mass is 804 g/mol. The number of aromatic nitrogens is 4. The predicted octanol–water partition coefficient (Wildman–Crippen LogP) is 9.36. The smallest absolute Gasteiger partial charge is 0.253 e. The van der Waals surface area contributed by atoms with Gasteiger partial charge in [0, 0.05) is 5.02 Å². The minimum absolute atomic E-state index is 0.107. The van der Waals surface area contributed by atoms with Gasteiger partial charge in [-0.25, -0.2) is 16.8 Å². The number of anilines is 2. The Hall–Kier alpha value is -2.67. The van der Waals surface area contributed by atoms with E-state index in [1.165, 1.54) is 28.7 Å². The molecule has 0 aliphatic heterocycles. The average Bonchev–Trinajstić information content (AvgIpc) is 3.84. The molecule has 4 heterocycles. The molecule has 0 bridgehead atoms. The van der Waals surface area contributed by atoms with E-state index in [1.54, 1.807) is 43.3 Å². The van der Waals surface area contributed by atoms with Crippen molar-refractivity contribution in [3.8, 4) is 19.8 Å². The number of sulfonamides is 2. The Morgan fingerprint density at radius 1 is 0.681 bits per heavy atom. The van der Waals surface area contributed by atoms with E-state index >= 15 is 0 Å². The fourth-order valence-electron chi connectivity index (χ4n) is 3.95. The van der Waals surface area contributed by atoms with Crippen molar-refractivity contribution in [3.63, 3.8) is 0 Å². The first-order valence-electron chi connectivity index (χ1n) is 13.4. The van der Waals surface area contributed by atoms with Crippen LogP contribution in [0.2, 0.25) is 15.1 Å². The molecule has 6 rings (SSSR count). The zero-order chi connectivity index (χ0) is 33.8. The van der Waals surface area contributed by atoms with Gasteiger partial charge in [0.1, 0.15) is 0 Å². The number of thiophene rings is 2. The molecule has 0 spiro atoms. The van der Waals surface area contributed by atoms with Gasteiger partial charge in [-0.15, -0.1) is 43.1 Å². The van der Waals surface area contributed by atoms with Gasteiger partial charge in [0.2, 0.25) is 10.3 Å². The van der Waals surface area contributed by atoms with Crippen LogP contribution in [0.25, 0.3) is 19.8 Å². The predicted molar refractivity (Wildman–Crippen MR) is 195 cm³/mol. The second kappa shape index (κ2) is 15.3. The maximum atomic E-state index is 12.5. The lowest BCUT2D eigenvalue weighted by molar-refractivity contribution is 0.599. The van der Waals surface area contributed by atoms with Crippen molar-refractivity contribution >= 4 is 110 Å². The van der Waals surface area contributed by atoms with Crippen LogP contribution in [0.5, 0.6) is 0 Å². The van der Waals surface area contributed by atoms with Crippen LogP contribution in [0.15, 0.2) is 75.1 Å². The van der Waals surface area contributed by atoms with Crippen LogP contribution in [-0.2, 0) is 26.5 Å². The van der Waals surface area contributed by atoms with Gasteiger partial charge in [0.15, 0.2) is 10.0 Å². The molecule has 2 aromatic carbocycles. The molecule has 0 atom stereocenters. The highest BCUT2D eigenvalue weighted by atomic mass is 35.5. The molecule has 2 N–H and O–H groups in total. The summed E-state index contributed by atoms with van der Waals surface area (Å²) in [5.74, 6) is 0. The van der Waals surface area contributed by atoms with E-state index in [0.29, 0.717) is 30.6 Å². The second-order valence-corrected chi connectivity index (χ2v) is 17.8. The average molecular weight is 806 g/mol. The van der Waals surface area contributed by atoms with Crippen LogP contribution < -0.4 is 9.44 Å². The van der Waals surface area contributed by atoms with Crippen LogP contribution in [0.1, 0.15) is 24.5 Å². The van der Waals surface area contributed by atoms with Crippen LogP contribution in [0.4, 0.5) is 10.3 Å². The molecule has 6 aromatic rings. The van der Waals surface area contributed by atoms with E-state index in [9.17, 15) is 16.8 Å². The number of nitrogens with one attached hydrogen (secondary N) is 2. The number of rotatable bonds is 10. The van der Waals surface area contributed by atoms with Crippen molar-refractivity contribution in [1.29, 1.82) is 0 Å². The molecule has 0 fully saturated rings. The highest BCUT2D eigenvalue weighted by Crippen LogP contribution is 2.38. The van der Waals surface area contributed by atoms with Gasteiger partial charge in [-0.3, -0.25) is 9.44 Å². The minimum atomic E-state index is -3.79. The van der Waals surface area contributed by atoms with Gasteiger partial charge in [0.05, 0.1) is 29.6 Å². The summed E-state index contributed by atoms with van der Waals surface area (Å²) in [5, 5.41) is 22.5. The normalized spacial score (nSPS) is 11.6. The summed E-state index contributed by atoms with van der Waals surface area (Å²) < 4.78 is 54.7. The first-order valence-corrected chi connectivity index (χ1v) is 20.9. The zero-order valence-corrected chi connectivity index (χ0v) is 31.4. The standard InChI is InChI=1S/C15H14ClN3O2S3.C13H9Cl2N3O2S3/c1-2-3-10-4-6-11(7-5-10)24(20,21)19-15-18-17-14(23-15)13-12(16)8-9-22-13;1-7-8(14)3-2-4-10(7)23(19,20)18-13-17-16-12(22-13)11-9(15)5-6-21-11/h4-9H,2-3H2,1H3,(H,18,19);2-6H,1H3,(H,17,18). The van der Waals surface area contributed by atoms with Crippen LogP contribution >= 0.6 is 80.1 Å². The fourth-order valence-corrected chi connectivity index (χ4v) is 11.0. The van der Waals surface area contributed by atoms with E-state index in [-0.39, 0.29) is 20.1 Å². The van der Waals surface area contributed by atoms with Gasteiger partial charge in [0.25, 0.3) is 20.0 Å². The lowest BCUT2D eigenvalue weighted by Gasteiger charge is -2.08. The molecular formula is C28H23Cl3N6O4S6. The molecular weight excluding hydrogens is 783 g/mol. The largest absolute Gasteiger partial charge is 0.264 e. The summed E-state index contributed by atoms with van der Waals surface area (Å²) in [6.07, 6.45) is 1.94.